The van der Waals surface area contributed by atoms with E-state index in [1.54, 1.807) is 0 Å². The van der Waals surface area contributed by atoms with Crippen LogP contribution in [0.5, 0.6) is 0 Å². The Balaban J connectivity index is -0.000000615. The summed E-state index contributed by atoms with van der Waals surface area (Å²) < 4.78 is 0. The van der Waals surface area contributed by atoms with Gasteiger partial charge in [-0.05, 0) is 77.3 Å². The average Bonchev–Trinajstić information content (AvgIpc) is 3.37. The fraction of sp³-hybridized carbons (Fsp3) is 0.850. The predicted molar refractivity (Wildman–Crippen MR) is 213 cm³/mol. The zero-order chi connectivity index (χ0) is 40.9. The van der Waals surface area contributed by atoms with Crippen molar-refractivity contribution in [1.82, 2.24) is 10.6 Å². The number of nitrogens with one attached hydrogen (secondary N) is 2. The number of hydrogen-bond acceptors (Lipinski definition) is 8. The molecule has 14 heteroatoms. The Hall–Kier alpha value is -3.26. The maximum Gasteiger partial charge on any atom is 0.303 e. The van der Waals surface area contributed by atoms with Crippen LogP contribution in [0.2, 0.25) is 0 Å². The molecule has 10 N–H and O–H groups in total. The quantitative estimate of drug-likeness (QED) is 0.0609. The molecule has 0 unspecified atom stereocenters. The molecular weight excluding hydrogens is 696 g/mol. The van der Waals surface area contributed by atoms with Gasteiger partial charge in [-0.1, -0.05) is 89.9 Å². The summed E-state index contributed by atoms with van der Waals surface area (Å²) in [7, 11) is 0. The Bertz CT molecular complexity index is 853. The van der Waals surface area contributed by atoms with E-state index in [2.05, 4.69) is 10.6 Å². The second-order valence-electron chi connectivity index (χ2n) is 13.8. The zero-order valence-electron chi connectivity index (χ0n) is 33.4. The molecule has 0 atom stereocenters. The summed E-state index contributed by atoms with van der Waals surface area (Å²) in [5.41, 5.74) is 10.6. The average molecular weight is 775 g/mol. The molecule has 0 aromatic rings. The fourth-order valence-electron chi connectivity index (χ4n) is 5.32. The number of hydrogen-bond donors (Lipinski definition) is 8. The topological polar surface area (TPSA) is 259 Å². The molecule has 0 aromatic heterocycles. The maximum atomic E-state index is 11.3. The minimum Gasteiger partial charge on any atom is -0.481 e. The molecule has 14 nitrogen and oxygen atoms in total. The van der Waals surface area contributed by atoms with E-state index in [1.165, 1.54) is 64.2 Å². The number of nitrogens with two attached hydrogens (primary N) is 2. The lowest BCUT2D eigenvalue weighted by atomic mass is 10.1. The van der Waals surface area contributed by atoms with Crippen LogP contribution in [0.1, 0.15) is 193 Å². The van der Waals surface area contributed by atoms with Crippen LogP contribution in [0.3, 0.4) is 0 Å². The van der Waals surface area contributed by atoms with Gasteiger partial charge in [0.1, 0.15) is 0 Å². The van der Waals surface area contributed by atoms with Gasteiger partial charge in [0.05, 0.1) is 0 Å². The summed E-state index contributed by atoms with van der Waals surface area (Å²) in [6.45, 7) is 3.42. The van der Waals surface area contributed by atoms with E-state index in [9.17, 15) is 28.8 Å². The molecule has 2 heterocycles. The van der Waals surface area contributed by atoms with E-state index in [0.717, 1.165) is 116 Å². The van der Waals surface area contributed by atoms with E-state index in [4.69, 9.17) is 31.9 Å². The number of carboxylic acids is 4. The van der Waals surface area contributed by atoms with E-state index in [-0.39, 0.29) is 37.5 Å². The Labute approximate surface area is 325 Å². The van der Waals surface area contributed by atoms with Gasteiger partial charge in [0.15, 0.2) is 0 Å². The first kappa shape index (κ1) is 55.1. The first-order valence-corrected chi connectivity index (χ1v) is 20.8. The highest BCUT2D eigenvalue weighted by atomic mass is 16.4. The third-order valence-corrected chi connectivity index (χ3v) is 8.53. The van der Waals surface area contributed by atoms with Crippen LogP contribution < -0.4 is 22.1 Å². The summed E-state index contributed by atoms with van der Waals surface area (Å²) in [6, 6.07) is 0. The van der Waals surface area contributed by atoms with Crippen molar-refractivity contribution in [2.75, 3.05) is 26.2 Å². The van der Waals surface area contributed by atoms with Crippen LogP contribution in [-0.4, -0.2) is 82.3 Å². The predicted octanol–water partition coefficient (Wildman–Crippen LogP) is 7.15. The second-order valence-corrected chi connectivity index (χ2v) is 13.8. The van der Waals surface area contributed by atoms with Gasteiger partial charge >= 0.3 is 23.9 Å². The first-order valence-electron chi connectivity index (χ1n) is 20.8. The Morgan fingerprint density at radius 3 is 0.944 bits per heavy atom. The number of rotatable bonds is 19. The fourth-order valence-corrected chi connectivity index (χ4v) is 5.32. The SMILES string of the molecule is NCCCCCCN.O=C(O)CCCCC(=O)O.O=C(O)CCCCCCCCC(=O)O.O=C1CCCCCCCCCCCN1.O=C1CCCCCN1. The van der Waals surface area contributed by atoms with Crippen molar-refractivity contribution in [3.63, 3.8) is 0 Å². The third kappa shape index (κ3) is 58.1. The summed E-state index contributed by atoms with van der Waals surface area (Å²) in [5, 5.41) is 38.8. The lowest BCUT2D eigenvalue weighted by Crippen LogP contribution is -2.23. The van der Waals surface area contributed by atoms with Crippen molar-refractivity contribution in [3.05, 3.63) is 0 Å². The highest BCUT2D eigenvalue weighted by molar-refractivity contribution is 5.76. The maximum absolute atomic E-state index is 11.3. The highest BCUT2D eigenvalue weighted by Gasteiger charge is 2.04. The third-order valence-electron chi connectivity index (χ3n) is 8.53. The standard InChI is InChI=1S/C12H23NO.C10H18O4.C6H16N2.C6H11NO.C6H10O4/c14-12-10-8-6-4-2-1-3-5-7-9-11-13-12;11-9(12)7-5-3-1-2-4-6-8-10(13)14;7-5-3-1-2-4-6-8;8-6-4-2-1-3-5-7-6;7-5(8)3-1-2-4-6(9)10/h1-11H2,(H,13,14);1-8H2,(H,11,12)(H,13,14);1-8H2;1-5H2,(H,7,8);1-4H2,(H,7,8)(H,9,10). The largest absolute Gasteiger partial charge is 0.481 e. The first-order chi connectivity index (χ1) is 26.0. The van der Waals surface area contributed by atoms with Crippen molar-refractivity contribution in [2.45, 2.75) is 193 Å². The Morgan fingerprint density at radius 2 is 0.630 bits per heavy atom. The van der Waals surface area contributed by atoms with Crippen molar-refractivity contribution >= 4 is 35.7 Å². The van der Waals surface area contributed by atoms with Crippen LogP contribution in [0.15, 0.2) is 0 Å². The Kier molecular flexibility index (Phi) is 46.8. The minimum absolute atomic E-state index is 0.0628. The molecule has 0 aromatic carbocycles. The number of aliphatic carboxylic acids is 4. The van der Waals surface area contributed by atoms with Gasteiger partial charge in [-0.25, -0.2) is 0 Å². The summed E-state index contributed by atoms with van der Waals surface area (Å²) in [4.78, 5) is 61.9. The molecule has 318 valence electrons. The van der Waals surface area contributed by atoms with Crippen LogP contribution in [-0.2, 0) is 28.8 Å². The molecule has 0 spiro atoms. The van der Waals surface area contributed by atoms with Gasteiger partial charge in [0, 0.05) is 51.6 Å². The van der Waals surface area contributed by atoms with Crippen LogP contribution >= 0.6 is 0 Å². The van der Waals surface area contributed by atoms with Gasteiger partial charge in [0.25, 0.3) is 0 Å². The van der Waals surface area contributed by atoms with E-state index < -0.39 is 23.9 Å². The van der Waals surface area contributed by atoms with Gasteiger partial charge in [-0.2, -0.15) is 0 Å². The number of carbonyl (C=O) groups excluding carboxylic acids is 2. The molecule has 54 heavy (non-hydrogen) atoms. The van der Waals surface area contributed by atoms with E-state index in [0.29, 0.717) is 12.8 Å². The van der Waals surface area contributed by atoms with Crippen LogP contribution in [0, 0.1) is 0 Å². The molecule has 2 fully saturated rings. The lowest BCUT2D eigenvalue weighted by molar-refractivity contribution is -0.139. The van der Waals surface area contributed by atoms with Gasteiger partial charge in [-0.3, -0.25) is 28.8 Å². The molecule has 0 saturated carbocycles. The van der Waals surface area contributed by atoms with Crippen molar-refractivity contribution in [3.8, 4) is 0 Å². The van der Waals surface area contributed by atoms with E-state index in [1.807, 2.05) is 0 Å². The van der Waals surface area contributed by atoms with Crippen molar-refractivity contribution in [2.24, 2.45) is 11.5 Å². The van der Waals surface area contributed by atoms with Crippen LogP contribution in [0.25, 0.3) is 0 Å². The van der Waals surface area contributed by atoms with Gasteiger partial charge in [0.2, 0.25) is 11.8 Å². The second kappa shape index (κ2) is 45.9. The smallest absolute Gasteiger partial charge is 0.303 e. The van der Waals surface area contributed by atoms with E-state index >= 15 is 0 Å². The number of carbonyl (C=O) groups is 6. The number of unbranched alkanes of at least 4 members (excludes halogenated alkanes) is 9. The summed E-state index contributed by atoms with van der Waals surface area (Å²) in [5.74, 6) is -2.74. The molecule has 0 bridgehead atoms. The lowest BCUT2D eigenvalue weighted by Gasteiger charge is -2.03. The molecule has 0 aliphatic carbocycles. The normalized spacial score (nSPS) is 14.9. The molecule has 2 aliphatic rings. The minimum atomic E-state index is -0.870. The number of amides is 2. The molecule has 0 radical (unpaired) electrons. The Morgan fingerprint density at radius 1 is 0.389 bits per heavy atom. The van der Waals surface area contributed by atoms with Crippen molar-refractivity contribution in [1.29, 1.82) is 0 Å². The van der Waals surface area contributed by atoms with Crippen molar-refractivity contribution < 1.29 is 49.2 Å². The zero-order valence-corrected chi connectivity index (χ0v) is 33.4. The van der Waals surface area contributed by atoms with Gasteiger partial charge in [-0.15, -0.1) is 0 Å². The molecular formula is C40H78N4O10. The van der Waals surface area contributed by atoms with Gasteiger partial charge < -0.3 is 42.5 Å². The summed E-state index contributed by atoms with van der Waals surface area (Å²) >= 11 is 0. The molecule has 2 saturated heterocycles. The summed E-state index contributed by atoms with van der Waals surface area (Å²) in [6.07, 6.45) is 28.1. The number of carboxylic acid groups (broad SMARTS) is 4. The molecule has 2 rings (SSSR count). The molecule has 2 amide bonds. The molecule has 2 aliphatic heterocycles. The van der Waals surface area contributed by atoms with Crippen LogP contribution in [0.4, 0.5) is 0 Å². The highest BCUT2D eigenvalue weighted by Crippen LogP contribution is 2.11. The monoisotopic (exact) mass is 775 g/mol.